The van der Waals surface area contributed by atoms with Crippen molar-refractivity contribution in [2.45, 2.75) is 33.6 Å². The molecule has 0 aliphatic rings. The fraction of sp³-hybridized carbons (Fsp3) is 0.321. The molecule has 0 N–H and O–H groups in total. The Labute approximate surface area is 220 Å². The van der Waals surface area contributed by atoms with E-state index in [2.05, 4.69) is 6.58 Å². The first-order valence-corrected chi connectivity index (χ1v) is 11.9. The van der Waals surface area contributed by atoms with Crippen molar-refractivity contribution in [1.29, 1.82) is 0 Å². The van der Waals surface area contributed by atoms with Gasteiger partial charge in [0.2, 0.25) is 0 Å². The molecule has 0 bridgehead atoms. The molecular weight excluding hydrogens is 496 g/mol. The Hall–Kier alpha value is -4.47. The number of hydrogen-bond acceptors (Lipinski definition) is 10. The molecule has 0 radical (unpaired) electrons. The van der Waals surface area contributed by atoms with Crippen LogP contribution in [0.15, 0.2) is 54.6 Å². The Morgan fingerprint density at radius 1 is 0.711 bits per heavy atom. The second-order valence-corrected chi connectivity index (χ2v) is 7.87. The maximum Gasteiger partial charge on any atom is 0.338 e. The van der Waals surface area contributed by atoms with Crippen LogP contribution in [0.2, 0.25) is 0 Å². The minimum atomic E-state index is -0.764. The first-order valence-electron chi connectivity index (χ1n) is 11.9. The van der Waals surface area contributed by atoms with Crippen LogP contribution in [0.4, 0.5) is 0 Å². The number of benzene rings is 2. The summed E-state index contributed by atoms with van der Waals surface area (Å²) in [7, 11) is 0. The molecule has 0 aromatic heterocycles. The van der Waals surface area contributed by atoms with E-state index in [1.165, 1.54) is 19.1 Å². The van der Waals surface area contributed by atoms with Crippen molar-refractivity contribution in [2.75, 3.05) is 26.4 Å². The Balaban J connectivity index is 2.23. The highest BCUT2D eigenvalue weighted by atomic mass is 16.6. The molecule has 10 heteroatoms. The zero-order valence-corrected chi connectivity index (χ0v) is 21.6. The number of ether oxygens (including phenoxy) is 5. The van der Waals surface area contributed by atoms with Gasteiger partial charge >= 0.3 is 29.8 Å². The molecule has 0 unspecified atom stereocenters. The van der Waals surface area contributed by atoms with E-state index in [0.29, 0.717) is 16.9 Å². The molecule has 0 aliphatic carbocycles. The van der Waals surface area contributed by atoms with Crippen molar-refractivity contribution in [3.63, 3.8) is 0 Å². The first-order chi connectivity index (χ1) is 18.2. The van der Waals surface area contributed by atoms with Crippen LogP contribution in [0, 0.1) is 0 Å². The van der Waals surface area contributed by atoms with Crippen molar-refractivity contribution >= 4 is 29.8 Å². The fourth-order valence-corrected chi connectivity index (χ4v) is 2.94. The third kappa shape index (κ3) is 9.20. The third-order valence-corrected chi connectivity index (χ3v) is 4.93. The van der Waals surface area contributed by atoms with Crippen molar-refractivity contribution in [2.24, 2.45) is 0 Å². The van der Waals surface area contributed by atoms with Crippen LogP contribution in [0.25, 0.3) is 11.1 Å². The number of rotatable bonds is 13. The maximum absolute atomic E-state index is 13.0. The topological polar surface area (TPSA) is 132 Å². The van der Waals surface area contributed by atoms with Crippen molar-refractivity contribution < 1.29 is 47.7 Å². The molecular formula is C28H30O10. The molecule has 0 atom stereocenters. The van der Waals surface area contributed by atoms with Gasteiger partial charge in [-0.2, -0.15) is 0 Å². The summed E-state index contributed by atoms with van der Waals surface area (Å²) < 4.78 is 25.4. The average Bonchev–Trinajstić information content (AvgIpc) is 2.92. The molecule has 0 saturated heterocycles. The molecule has 2 aromatic rings. The van der Waals surface area contributed by atoms with E-state index in [4.69, 9.17) is 23.7 Å². The van der Waals surface area contributed by atoms with E-state index in [-0.39, 0.29) is 61.9 Å². The van der Waals surface area contributed by atoms with E-state index < -0.39 is 23.9 Å². The molecule has 10 nitrogen and oxygen atoms in total. The molecule has 2 aromatic carbocycles. The van der Waals surface area contributed by atoms with Gasteiger partial charge in [0, 0.05) is 18.4 Å². The van der Waals surface area contributed by atoms with Crippen LogP contribution < -0.4 is 4.74 Å². The van der Waals surface area contributed by atoms with Gasteiger partial charge in [0.05, 0.1) is 11.1 Å². The molecule has 0 aliphatic heterocycles. The predicted octanol–water partition coefficient (Wildman–Crippen LogP) is 4.06. The minimum absolute atomic E-state index is 0.0568. The number of carbonyl (C=O) groups is 5. The molecule has 202 valence electrons. The normalized spacial score (nSPS) is 10.2. The SMILES string of the molecule is C=C(C)C(=O)OCCOC(=O)c1cc(C(=O)OCCOC(=O)CC)ccc1-c1ccc(OC(=O)CC)cc1. The fourth-order valence-electron chi connectivity index (χ4n) is 2.94. The Morgan fingerprint density at radius 2 is 1.29 bits per heavy atom. The van der Waals surface area contributed by atoms with Gasteiger partial charge in [-0.25, -0.2) is 14.4 Å². The second kappa shape index (κ2) is 14.9. The lowest BCUT2D eigenvalue weighted by Gasteiger charge is -2.13. The third-order valence-electron chi connectivity index (χ3n) is 4.93. The molecule has 2 rings (SSSR count). The Bertz CT molecular complexity index is 1180. The number of esters is 5. The van der Waals surface area contributed by atoms with Crippen molar-refractivity contribution in [1.82, 2.24) is 0 Å². The van der Waals surface area contributed by atoms with Crippen LogP contribution in [-0.2, 0) is 33.3 Å². The molecule has 0 amide bonds. The quantitative estimate of drug-likeness (QED) is 0.124. The smallest absolute Gasteiger partial charge is 0.338 e. The van der Waals surface area contributed by atoms with Crippen LogP contribution in [-0.4, -0.2) is 56.3 Å². The van der Waals surface area contributed by atoms with Gasteiger partial charge < -0.3 is 23.7 Å². The first kappa shape index (κ1) is 29.8. The van der Waals surface area contributed by atoms with E-state index in [1.54, 1.807) is 44.2 Å². The average molecular weight is 527 g/mol. The lowest BCUT2D eigenvalue weighted by molar-refractivity contribution is -0.144. The van der Waals surface area contributed by atoms with Gasteiger partial charge in [-0.3, -0.25) is 9.59 Å². The van der Waals surface area contributed by atoms with E-state index in [1.807, 2.05) is 0 Å². The van der Waals surface area contributed by atoms with Gasteiger partial charge in [0.25, 0.3) is 0 Å². The number of carbonyl (C=O) groups excluding carboxylic acids is 5. The summed E-state index contributed by atoms with van der Waals surface area (Å²) >= 11 is 0. The Morgan fingerprint density at radius 3 is 1.89 bits per heavy atom. The predicted molar refractivity (Wildman–Crippen MR) is 135 cm³/mol. The largest absolute Gasteiger partial charge is 0.462 e. The summed E-state index contributed by atoms with van der Waals surface area (Å²) in [5, 5.41) is 0. The molecule has 0 saturated carbocycles. The van der Waals surface area contributed by atoms with Gasteiger partial charge in [0.1, 0.15) is 32.2 Å². The van der Waals surface area contributed by atoms with Gasteiger partial charge in [-0.05, 0) is 42.3 Å². The summed E-state index contributed by atoms with van der Waals surface area (Å²) in [6.45, 7) is 7.65. The Kier molecular flexibility index (Phi) is 11.7. The lowest BCUT2D eigenvalue weighted by atomic mass is 9.97. The molecule has 38 heavy (non-hydrogen) atoms. The monoisotopic (exact) mass is 526 g/mol. The van der Waals surface area contributed by atoms with E-state index in [9.17, 15) is 24.0 Å². The summed E-state index contributed by atoms with van der Waals surface area (Å²) in [4.78, 5) is 59.8. The van der Waals surface area contributed by atoms with Crippen LogP contribution in [0.5, 0.6) is 5.75 Å². The van der Waals surface area contributed by atoms with E-state index in [0.717, 1.165) is 0 Å². The molecule has 0 fully saturated rings. The van der Waals surface area contributed by atoms with Gasteiger partial charge in [-0.1, -0.05) is 38.6 Å². The van der Waals surface area contributed by atoms with Crippen molar-refractivity contribution in [3.05, 3.63) is 65.7 Å². The summed E-state index contributed by atoms with van der Waals surface area (Å²) in [6, 6.07) is 10.8. The lowest BCUT2D eigenvalue weighted by Crippen LogP contribution is -2.16. The summed E-state index contributed by atoms with van der Waals surface area (Å²) in [6.07, 6.45) is 0.424. The number of hydrogen-bond donors (Lipinski definition) is 0. The highest BCUT2D eigenvalue weighted by molar-refractivity contribution is 6.01. The van der Waals surface area contributed by atoms with E-state index >= 15 is 0 Å². The van der Waals surface area contributed by atoms with Crippen LogP contribution in [0.3, 0.4) is 0 Å². The highest BCUT2D eigenvalue weighted by Crippen LogP contribution is 2.28. The molecule has 0 spiro atoms. The molecule has 0 heterocycles. The minimum Gasteiger partial charge on any atom is -0.462 e. The van der Waals surface area contributed by atoms with Gasteiger partial charge in [0.15, 0.2) is 0 Å². The summed E-state index contributed by atoms with van der Waals surface area (Å²) in [5.74, 6) is -2.57. The van der Waals surface area contributed by atoms with Crippen LogP contribution >= 0.6 is 0 Å². The van der Waals surface area contributed by atoms with Gasteiger partial charge in [-0.15, -0.1) is 0 Å². The zero-order chi connectivity index (χ0) is 28.1. The zero-order valence-electron chi connectivity index (χ0n) is 21.6. The van der Waals surface area contributed by atoms with Crippen LogP contribution in [0.1, 0.15) is 54.3 Å². The maximum atomic E-state index is 13.0. The van der Waals surface area contributed by atoms with Crippen molar-refractivity contribution in [3.8, 4) is 16.9 Å². The second-order valence-electron chi connectivity index (χ2n) is 7.87. The highest BCUT2D eigenvalue weighted by Gasteiger charge is 2.19. The summed E-state index contributed by atoms with van der Waals surface area (Å²) in [5.41, 5.74) is 1.37. The standard InChI is InChI=1S/C28H30O10/c1-5-24(29)34-13-14-36-27(32)20-9-12-22(19-7-10-21(11-8-19)38-25(30)6-2)23(17-20)28(33)37-16-15-35-26(31)18(3)4/h7-12,17H,3,5-6,13-16H2,1-2,4H3.